The Hall–Kier alpha value is 0.351. The molecule has 1 nitrogen and oxygen atoms in total. The average Bonchev–Trinajstić information content (AvgIpc) is 1.81. The Morgan fingerprint density at radius 3 is 1.62 bits per heavy atom. The van der Waals surface area contributed by atoms with Gasteiger partial charge in [-0.3, -0.25) is 0 Å². The highest BCUT2D eigenvalue weighted by atomic mass is 28.4. The molecule has 0 amide bonds. The van der Waals surface area contributed by atoms with E-state index in [0.717, 1.165) is 6.54 Å². The molecular weight excluding hydrogens is 206 g/mol. The predicted octanol–water partition coefficient (Wildman–Crippen LogP) is 2.64. The quantitative estimate of drug-likeness (QED) is 0.669. The zero-order valence-electron chi connectivity index (χ0n) is 9.81. The van der Waals surface area contributed by atoms with E-state index in [4.69, 9.17) is 0 Å². The van der Waals surface area contributed by atoms with Crippen molar-refractivity contribution >= 4 is 26.7 Å². The summed E-state index contributed by atoms with van der Waals surface area (Å²) >= 11 is 0. The summed E-state index contributed by atoms with van der Waals surface area (Å²) < 4.78 is 2.75. The maximum absolute atomic E-state index is 3.38. The molecule has 4 heteroatoms. The second-order valence-corrected chi connectivity index (χ2v) is 15.9. The van der Waals surface area contributed by atoms with Crippen LogP contribution in [0, 0.1) is 0 Å². The Morgan fingerprint density at radius 1 is 1.00 bits per heavy atom. The van der Waals surface area contributed by atoms with Crippen LogP contribution in [0.2, 0.25) is 39.3 Å². The number of rotatable bonds is 4. The highest BCUT2D eigenvalue weighted by molar-refractivity contribution is 6.89. The van der Waals surface area contributed by atoms with Crippen molar-refractivity contribution in [1.29, 1.82) is 0 Å². The van der Waals surface area contributed by atoms with Gasteiger partial charge in [0.05, 0.1) is 10.2 Å². The molecule has 0 unspecified atom stereocenters. The lowest BCUT2D eigenvalue weighted by Gasteiger charge is -2.42. The summed E-state index contributed by atoms with van der Waals surface area (Å²) in [5, 5.41) is 0. The maximum Gasteiger partial charge on any atom is 0.112 e. The van der Waals surface area contributed by atoms with Gasteiger partial charge in [-0.15, -0.1) is 5.70 Å². The van der Waals surface area contributed by atoms with Crippen LogP contribution in [0.3, 0.4) is 0 Å². The van der Waals surface area contributed by atoms with Gasteiger partial charge in [0.15, 0.2) is 0 Å². The fourth-order valence-corrected chi connectivity index (χ4v) is 11.2. The number of hydrogen-bond acceptors (Lipinski definition) is 1. The van der Waals surface area contributed by atoms with Gasteiger partial charge < -0.3 is 4.23 Å². The zero-order chi connectivity index (χ0) is 10.7. The van der Waals surface area contributed by atoms with Crippen LogP contribution >= 0.6 is 0 Å². The lowest BCUT2D eigenvalue weighted by Crippen LogP contribution is -2.58. The van der Waals surface area contributed by atoms with Gasteiger partial charge >= 0.3 is 0 Å². The van der Waals surface area contributed by atoms with E-state index in [1.54, 1.807) is 0 Å². The monoisotopic (exact) mass is 228 g/mol. The Kier molecular flexibility index (Phi) is 4.85. The molecule has 75 valence electrons. The van der Waals surface area contributed by atoms with Gasteiger partial charge in [0.2, 0.25) is 0 Å². The van der Waals surface area contributed by atoms with Crippen LogP contribution in [0.4, 0.5) is 0 Å². The fourth-order valence-electron chi connectivity index (χ4n) is 1.71. The molecule has 0 aliphatic heterocycles. The topological polar surface area (TPSA) is 3.24 Å². The molecule has 3 radical (unpaired) electrons. The third-order valence-electron chi connectivity index (χ3n) is 2.03. The molecule has 0 aromatic carbocycles. The third-order valence-corrected chi connectivity index (χ3v) is 9.89. The minimum absolute atomic E-state index is 1.11. The standard InChI is InChI=1S/C9H22NSi3/c1-12(2,3)10(8-7-9-11)13(4,5)6/h7,9H,8H2,1-6H3. The van der Waals surface area contributed by atoms with Gasteiger partial charge in [0.1, 0.15) is 16.5 Å². The zero-order valence-corrected chi connectivity index (χ0v) is 12.8. The molecule has 0 aliphatic rings. The van der Waals surface area contributed by atoms with Crippen LogP contribution in [-0.2, 0) is 0 Å². The van der Waals surface area contributed by atoms with Crippen LogP contribution < -0.4 is 0 Å². The lowest BCUT2D eigenvalue weighted by molar-refractivity contribution is 0.688. The summed E-state index contributed by atoms with van der Waals surface area (Å²) in [5.74, 6) is 0. The van der Waals surface area contributed by atoms with Crippen LogP contribution in [0.5, 0.6) is 0 Å². The first kappa shape index (κ1) is 13.4. The van der Waals surface area contributed by atoms with E-state index in [-0.39, 0.29) is 0 Å². The summed E-state index contributed by atoms with van der Waals surface area (Å²) in [4.78, 5) is 0. The van der Waals surface area contributed by atoms with E-state index in [0.29, 0.717) is 0 Å². The highest BCUT2D eigenvalue weighted by Gasteiger charge is 2.32. The first-order valence-electron chi connectivity index (χ1n) is 4.79. The number of nitrogens with zero attached hydrogens (tertiary/aromatic N) is 1. The minimum atomic E-state index is -1.14. The van der Waals surface area contributed by atoms with E-state index >= 15 is 0 Å². The van der Waals surface area contributed by atoms with E-state index < -0.39 is 16.5 Å². The normalized spacial score (nSPS) is 14.5. The van der Waals surface area contributed by atoms with Crippen molar-refractivity contribution in [3.63, 3.8) is 0 Å². The van der Waals surface area contributed by atoms with E-state index in [9.17, 15) is 0 Å². The highest BCUT2D eigenvalue weighted by Crippen LogP contribution is 2.18. The Balaban J connectivity index is 4.57. The van der Waals surface area contributed by atoms with Crippen molar-refractivity contribution < 1.29 is 0 Å². The first-order valence-corrected chi connectivity index (χ1v) is 12.3. The van der Waals surface area contributed by atoms with Gasteiger partial charge in [0.25, 0.3) is 0 Å². The number of hydrogen-bond donors (Lipinski definition) is 0. The molecule has 0 atom stereocenters. The summed E-state index contributed by atoms with van der Waals surface area (Å²) in [5.41, 5.74) is 1.97. The molecule has 0 N–H and O–H groups in total. The van der Waals surface area contributed by atoms with Crippen LogP contribution in [0.1, 0.15) is 0 Å². The average molecular weight is 229 g/mol. The summed E-state index contributed by atoms with van der Waals surface area (Å²) in [6, 6.07) is 0. The van der Waals surface area contributed by atoms with Crippen molar-refractivity contribution in [1.82, 2.24) is 4.23 Å². The lowest BCUT2D eigenvalue weighted by atomic mass is 10.7. The van der Waals surface area contributed by atoms with Crippen molar-refractivity contribution in [2.75, 3.05) is 6.54 Å². The van der Waals surface area contributed by atoms with Gasteiger partial charge in [-0.05, 0) is 0 Å². The maximum atomic E-state index is 3.38. The molecule has 0 aromatic rings. The van der Waals surface area contributed by atoms with Gasteiger partial charge in [0, 0.05) is 6.54 Å². The molecular formula is C9H22NSi3. The molecule has 0 heterocycles. The van der Waals surface area contributed by atoms with Crippen molar-refractivity contribution in [2.45, 2.75) is 39.3 Å². The molecule has 0 spiro atoms. The second kappa shape index (κ2) is 4.73. The molecule has 0 fully saturated rings. The van der Waals surface area contributed by atoms with Crippen LogP contribution in [-0.4, -0.2) is 37.5 Å². The third kappa shape index (κ3) is 4.95. The predicted molar refractivity (Wildman–Crippen MR) is 68.3 cm³/mol. The molecule has 0 rings (SSSR count). The molecule has 0 aromatic heterocycles. The molecule has 0 saturated carbocycles. The van der Waals surface area contributed by atoms with Crippen molar-refractivity contribution in [3.8, 4) is 0 Å². The smallest absolute Gasteiger partial charge is 0.112 e. The van der Waals surface area contributed by atoms with Gasteiger partial charge in [-0.2, -0.15) is 0 Å². The molecule has 0 saturated heterocycles. The largest absolute Gasteiger partial charge is 0.343 e. The first-order chi connectivity index (χ1) is 5.69. The van der Waals surface area contributed by atoms with Crippen LogP contribution in [0.25, 0.3) is 0 Å². The molecule has 13 heavy (non-hydrogen) atoms. The fraction of sp³-hybridized carbons (Fsp3) is 0.778. The second-order valence-electron chi connectivity index (χ2n) is 5.35. The Morgan fingerprint density at radius 2 is 1.38 bits per heavy atom. The SMILES string of the molecule is C[Si](C)(C)N(CC=C[Si])[Si](C)(C)C. The summed E-state index contributed by atoms with van der Waals surface area (Å²) in [6.07, 6.45) is 2.20. The summed E-state index contributed by atoms with van der Waals surface area (Å²) in [6.45, 7) is 15.6. The van der Waals surface area contributed by atoms with Crippen molar-refractivity contribution in [2.24, 2.45) is 0 Å². The van der Waals surface area contributed by atoms with E-state index in [2.05, 4.69) is 59.8 Å². The Labute approximate surface area is 88.8 Å². The molecule has 0 aliphatic carbocycles. The van der Waals surface area contributed by atoms with Gasteiger partial charge in [-0.25, -0.2) is 0 Å². The summed E-state index contributed by atoms with van der Waals surface area (Å²) in [7, 11) is 1.11. The Bertz CT molecular complexity index is 162. The van der Waals surface area contributed by atoms with E-state index in [1.165, 1.54) is 0 Å². The van der Waals surface area contributed by atoms with Crippen molar-refractivity contribution in [3.05, 3.63) is 11.8 Å². The molecule has 0 bridgehead atoms. The van der Waals surface area contributed by atoms with Crippen LogP contribution in [0.15, 0.2) is 11.8 Å². The van der Waals surface area contributed by atoms with Gasteiger partial charge in [-0.1, -0.05) is 45.4 Å². The van der Waals surface area contributed by atoms with E-state index in [1.807, 2.05) is 5.70 Å². The minimum Gasteiger partial charge on any atom is -0.343 e.